The number of hydrogen-bond acceptors (Lipinski definition) is 6. The zero-order chi connectivity index (χ0) is 24.0. The van der Waals surface area contributed by atoms with E-state index >= 15 is 0 Å². The van der Waals surface area contributed by atoms with Crippen LogP contribution in [0, 0.1) is 11.6 Å². The molecule has 1 aliphatic heterocycles. The molecule has 1 aliphatic rings. The summed E-state index contributed by atoms with van der Waals surface area (Å²) in [5, 5.41) is 2.57. The summed E-state index contributed by atoms with van der Waals surface area (Å²) in [5.74, 6) is -6.24. The summed E-state index contributed by atoms with van der Waals surface area (Å²) in [6, 6.07) is 1.13. The van der Waals surface area contributed by atoms with Gasteiger partial charge in [0.05, 0.1) is 48.8 Å². The number of carbonyl (C=O) groups excluding carboxylic acids is 2. The fraction of sp³-hybridized carbons (Fsp3) is 0.429. The number of methoxy groups -OCH3 is 2. The number of ether oxygens (including phenoxy) is 3. The summed E-state index contributed by atoms with van der Waals surface area (Å²) in [6.45, 7) is -0.172. The largest absolute Gasteiger partial charge is 0.466 e. The highest BCUT2D eigenvalue weighted by Crippen LogP contribution is 2.42. The Hall–Kier alpha value is -2.95. The van der Waals surface area contributed by atoms with Gasteiger partial charge in [-0.15, -0.1) is 0 Å². The lowest BCUT2D eigenvalue weighted by Gasteiger charge is -2.32. The lowest BCUT2D eigenvalue weighted by molar-refractivity contribution is -0.139. The molecule has 1 aromatic rings. The van der Waals surface area contributed by atoms with Gasteiger partial charge in [-0.3, -0.25) is 0 Å². The van der Waals surface area contributed by atoms with E-state index in [1.165, 1.54) is 14.0 Å². The predicted molar refractivity (Wildman–Crippen MR) is 102 cm³/mol. The van der Waals surface area contributed by atoms with Gasteiger partial charge in [0, 0.05) is 19.6 Å². The van der Waals surface area contributed by atoms with Crippen LogP contribution in [0.4, 0.5) is 22.0 Å². The summed E-state index contributed by atoms with van der Waals surface area (Å²) < 4.78 is 83.9. The van der Waals surface area contributed by atoms with Crippen LogP contribution in [-0.4, -0.2) is 52.5 Å². The maximum atomic E-state index is 14.6. The number of halogens is 5. The maximum absolute atomic E-state index is 14.6. The quantitative estimate of drug-likeness (QED) is 0.448. The molecule has 6 nitrogen and oxygen atoms in total. The van der Waals surface area contributed by atoms with Gasteiger partial charge in [-0.1, -0.05) is 0 Å². The van der Waals surface area contributed by atoms with Crippen molar-refractivity contribution < 1.29 is 45.8 Å². The van der Waals surface area contributed by atoms with Crippen molar-refractivity contribution >= 4 is 11.9 Å². The first-order chi connectivity index (χ1) is 15.2. The first-order valence-electron chi connectivity index (χ1n) is 9.49. The van der Waals surface area contributed by atoms with Crippen LogP contribution in [0.3, 0.4) is 0 Å². The second-order valence-corrected chi connectivity index (χ2v) is 6.67. The minimum absolute atomic E-state index is 0.0519. The molecule has 0 saturated heterocycles. The van der Waals surface area contributed by atoms with E-state index in [0.717, 1.165) is 13.2 Å². The van der Waals surface area contributed by atoms with Crippen LogP contribution < -0.4 is 5.32 Å². The Morgan fingerprint density at radius 1 is 1.09 bits per heavy atom. The van der Waals surface area contributed by atoms with E-state index in [2.05, 4.69) is 5.32 Å². The van der Waals surface area contributed by atoms with Crippen molar-refractivity contribution in [3.8, 4) is 0 Å². The van der Waals surface area contributed by atoms with Gasteiger partial charge in [0.15, 0.2) is 0 Å². The second-order valence-electron chi connectivity index (χ2n) is 6.67. The maximum Gasteiger partial charge on any atom is 0.336 e. The molecule has 1 atom stereocenters. The lowest BCUT2D eigenvalue weighted by Crippen LogP contribution is -2.36. The molecule has 1 aromatic carbocycles. The fourth-order valence-corrected chi connectivity index (χ4v) is 3.54. The minimum Gasteiger partial charge on any atom is -0.466 e. The third-order valence-corrected chi connectivity index (χ3v) is 4.72. The lowest BCUT2D eigenvalue weighted by atomic mass is 9.77. The third-order valence-electron chi connectivity index (χ3n) is 4.72. The summed E-state index contributed by atoms with van der Waals surface area (Å²) >= 11 is 0. The Morgan fingerprint density at radius 2 is 1.75 bits per heavy atom. The average Bonchev–Trinajstić information content (AvgIpc) is 2.74. The van der Waals surface area contributed by atoms with Gasteiger partial charge in [-0.2, -0.15) is 0 Å². The van der Waals surface area contributed by atoms with Crippen LogP contribution in [0.25, 0.3) is 0 Å². The topological polar surface area (TPSA) is 73.9 Å². The number of allylic oxidation sites excluding steroid dienone is 1. The molecule has 0 aromatic heterocycles. The Morgan fingerprint density at radius 3 is 2.28 bits per heavy atom. The van der Waals surface area contributed by atoms with Crippen LogP contribution in [0.2, 0.25) is 0 Å². The molecular weight excluding hydrogens is 441 g/mol. The molecule has 0 amide bonds. The SMILES string of the molecule is CCOC(=O)C1=C(COC)NC(CF)=C(C(=O)OC)C1c1cc(F)cc(F)c1CC(F)F. The number of carbonyl (C=O) groups is 2. The standard InChI is InChI=1S/C21H22F5NO5/c1-4-32-21(29)19-15(9-30-2)27-14(8-22)18(20(28)31-3)17(19)12-5-10(23)6-13(24)11(12)7-16(25)26/h5-6,16-17,27H,4,7-9H2,1-3H3. The van der Waals surface area contributed by atoms with E-state index in [1.807, 2.05) is 0 Å². The van der Waals surface area contributed by atoms with Crippen LogP contribution in [0.1, 0.15) is 24.0 Å². The van der Waals surface area contributed by atoms with Gasteiger partial charge < -0.3 is 19.5 Å². The summed E-state index contributed by atoms with van der Waals surface area (Å²) in [6.07, 6.45) is -4.17. The van der Waals surface area contributed by atoms with Crippen LogP contribution in [-0.2, 0) is 30.2 Å². The van der Waals surface area contributed by atoms with Gasteiger partial charge in [0.2, 0.25) is 6.43 Å². The monoisotopic (exact) mass is 463 g/mol. The number of benzene rings is 1. The zero-order valence-electron chi connectivity index (χ0n) is 17.6. The van der Waals surface area contributed by atoms with Crippen molar-refractivity contribution in [2.75, 3.05) is 34.1 Å². The summed E-state index contributed by atoms with van der Waals surface area (Å²) in [5.41, 5.74) is -2.34. The number of nitrogens with one attached hydrogen (secondary N) is 1. The van der Waals surface area contributed by atoms with E-state index in [4.69, 9.17) is 14.2 Å². The van der Waals surface area contributed by atoms with Gasteiger partial charge in [-0.25, -0.2) is 31.5 Å². The van der Waals surface area contributed by atoms with Crippen molar-refractivity contribution in [2.24, 2.45) is 0 Å². The van der Waals surface area contributed by atoms with E-state index < -0.39 is 65.7 Å². The number of esters is 2. The molecule has 0 radical (unpaired) electrons. The molecule has 0 saturated carbocycles. The highest BCUT2D eigenvalue weighted by Gasteiger charge is 2.41. The Kier molecular flexibility index (Phi) is 8.76. The third kappa shape index (κ3) is 5.26. The molecule has 176 valence electrons. The summed E-state index contributed by atoms with van der Waals surface area (Å²) in [7, 11) is 2.25. The highest BCUT2D eigenvalue weighted by molar-refractivity contribution is 6.00. The van der Waals surface area contributed by atoms with Crippen LogP contribution in [0.5, 0.6) is 0 Å². The van der Waals surface area contributed by atoms with E-state index in [0.29, 0.717) is 6.07 Å². The van der Waals surface area contributed by atoms with Crippen molar-refractivity contribution in [3.63, 3.8) is 0 Å². The molecule has 1 heterocycles. The Balaban J connectivity index is 2.95. The van der Waals surface area contributed by atoms with Crippen molar-refractivity contribution in [1.29, 1.82) is 0 Å². The molecule has 1 N–H and O–H groups in total. The molecule has 0 fully saturated rings. The van der Waals surface area contributed by atoms with E-state index in [9.17, 15) is 31.5 Å². The Bertz CT molecular complexity index is 945. The van der Waals surface area contributed by atoms with Crippen molar-refractivity contribution in [2.45, 2.75) is 25.7 Å². The normalized spacial score (nSPS) is 16.3. The van der Waals surface area contributed by atoms with Gasteiger partial charge in [0.1, 0.15) is 18.3 Å². The minimum atomic E-state index is -3.03. The first-order valence-corrected chi connectivity index (χ1v) is 9.49. The van der Waals surface area contributed by atoms with Gasteiger partial charge >= 0.3 is 11.9 Å². The molecular formula is C21H22F5NO5. The smallest absolute Gasteiger partial charge is 0.336 e. The second kappa shape index (κ2) is 11.1. The average molecular weight is 463 g/mol. The molecule has 1 unspecified atom stereocenters. The predicted octanol–water partition coefficient (Wildman–Crippen LogP) is 3.32. The van der Waals surface area contributed by atoms with E-state index in [1.54, 1.807) is 0 Å². The molecule has 0 spiro atoms. The van der Waals surface area contributed by atoms with Crippen molar-refractivity contribution in [1.82, 2.24) is 5.32 Å². The summed E-state index contributed by atoms with van der Waals surface area (Å²) in [4.78, 5) is 25.4. The van der Waals surface area contributed by atoms with Gasteiger partial charge in [-0.05, 0) is 24.1 Å². The first kappa shape index (κ1) is 25.3. The molecule has 0 aliphatic carbocycles. The fourth-order valence-electron chi connectivity index (χ4n) is 3.54. The Labute approximate surface area is 181 Å². The van der Waals surface area contributed by atoms with Crippen LogP contribution >= 0.6 is 0 Å². The molecule has 11 heteroatoms. The zero-order valence-corrected chi connectivity index (χ0v) is 17.6. The molecule has 0 bridgehead atoms. The molecule has 2 rings (SSSR count). The van der Waals surface area contributed by atoms with Crippen molar-refractivity contribution in [3.05, 3.63) is 57.4 Å². The number of dihydropyridines is 1. The van der Waals surface area contributed by atoms with Crippen LogP contribution in [0.15, 0.2) is 34.7 Å². The van der Waals surface area contributed by atoms with E-state index in [-0.39, 0.29) is 30.2 Å². The molecule has 32 heavy (non-hydrogen) atoms. The highest BCUT2D eigenvalue weighted by atomic mass is 19.3. The number of hydrogen-bond donors (Lipinski definition) is 1. The van der Waals surface area contributed by atoms with Gasteiger partial charge in [0.25, 0.3) is 0 Å². The number of rotatable bonds is 9. The number of alkyl halides is 3.